The molecule has 5 unspecified atom stereocenters. The van der Waals surface area contributed by atoms with E-state index in [-0.39, 0.29) is 16.7 Å². The van der Waals surface area contributed by atoms with E-state index >= 15 is 0 Å². The Morgan fingerprint density at radius 2 is 1.17 bits per heavy atom. The molecule has 0 nitrogen and oxygen atoms in total. The van der Waals surface area contributed by atoms with Gasteiger partial charge in [0, 0.05) is 17.8 Å². The molecular formula is C65H62. The molecule has 0 aromatic heterocycles. The van der Waals surface area contributed by atoms with Gasteiger partial charge in [-0.05, 0) is 180 Å². The summed E-state index contributed by atoms with van der Waals surface area (Å²) in [6.07, 6.45) is 64.4. The second-order valence-electron chi connectivity index (χ2n) is 20.8. The fourth-order valence-electron chi connectivity index (χ4n) is 15.0. The van der Waals surface area contributed by atoms with Crippen molar-refractivity contribution in [3.8, 4) is 0 Å². The molecule has 322 valence electrons. The average molecular weight is 843 g/mol. The second kappa shape index (κ2) is 16.0. The van der Waals surface area contributed by atoms with Crippen LogP contribution in [-0.4, -0.2) is 0 Å². The van der Waals surface area contributed by atoms with Gasteiger partial charge in [-0.15, -0.1) is 0 Å². The normalized spacial score (nSPS) is 29.9. The van der Waals surface area contributed by atoms with E-state index in [0.717, 1.165) is 44.9 Å². The summed E-state index contributed by atoms with van der Waals surface area (Å²) in [6.45, 7) is 0. The maximum atomic E-state index is 2.81. The minimum absolute atomic E-state index is 0.143. The third kappa shape index (κ3) is 6.08. The van der Waals surface area contributed by atoms with Crippen molar-refractivity contribution in [3.05, 3.63) is 260 Å². The lowest BCUT2D eigenvalue weighted by Gasteiger charge is -2.47. The zero-order valence-electron chi connectivity index (χ0n) is 38.0. The molecule has 11 aliphatic rings. The first kappa shape index (κ1) is 39.6. The maximum absolute atomic E-state index is 2.81. The highest BCUT2D eigenvalue weighted by Gasteiger charge is 2.56. The number of benzene rings is 2. The Balaban J connectivity index is 0.988. The molecule has 1 fully saturated rings. The van der Waals surface area contributed by atoms with Gasteiger partial charge in [-0.3, -0.25) is 0 Å². The van der Waals surface area contributed by atoms with E-state index in [1.54, 1.807) is 61.3 Å². The molecule has 0 heteroatoms. The van der Waals surface area contributed by atoms with Crippen molar-refractivity contribution in [1.29, 1.82) is 0 Å². The van der Waals surface area contributed by atoms with Crippen molar-refractivity contribution in [1.82, 2.24) is 0 Å². The monoisotopic (exact) mass is 842 g/mol. The van der Waals surface area contributed by atoms with Crippen LogP contribution in [0.4, 0.5) is 0 Å². The van der Waals surface area contributed by atoms with Crippen LogP contribution in [0.25, 0.3) is 0 Å². The van der Waals surface area contributed by atoms with Crippen LogP contribution in [0.5, 0.6) is 0 Å². The van der Waals surface area contributed by atoms with E-state index in [1.165, 1.54) is 67.2 Å². The van der Waals surface area contributed by atoms with Gasteiger partial charge in [0.15, 0.2) is 0 Å². The van der Waals surface area contributed by atoms with Gasteiger partial charge in [-0.2, -0.15) is 0 Å². The van der Waals surface area contributed by atoms with Crippen molar-refractivity contribution in [2.75, 3.05) is 0 Å². The predicted octanol–water partition coefficient (Wildman–Crippen LogP) is 16.4. The smallest absolute Gasteiger partial charge is 0.0712 e. The summed E-state index contributed by atoms with van der Waals surface area (Å²) in [4.78, 5) is 0. The lowest BCUT2D eigenvalue weighted by atomic mass is 9.55. The Kier molecular flexibility index (Phi) is 9.76. The number of rotatable bonds is 6. The molecule has 11 aliphatic carbocycles. The first-order valence-electron chi connectivity index (χ1n) is 25.5. The van der Waals surface area contributed by atoms with Crippen LogP contribution in [0.1, 0.15) is 101 Å². The molecule has 0 bridgehead atoms. The molecule has 2 aromatic carbocycles. The van der Waals surface area contributed by atoms with E-state index < -0.39 is 0 Å². The number of hydrogen-bond donors (Lipinski definition) is 0. The van der Waals surface area contributed by atoms with Crippen LogP contribution in [0.2, 0.25) is 0 Å². The van der Waals surface area contributed by atoms with E-state index in [1.807, 2.05) is 0 Å². The highest BCUT2D eigenvalue weighted by molar-refractivity contribution is 5.80. The molecule has 0 saturated heterocycles. The third-order valence-corrected chi connectivity index (χ3v) is 17.6. The third-order valence-electron chi connectivity index (χ3n) is 17.6. The fourth-order valence-corrected chi connectivity index (χ4v) is 15.0. The van der Waals surface area contributed by atoms with Gasteiger partial charge in [0.25, 0.3) is 0 Å². The molecule has 13 rings (SSSR count). The van der Waals surface area contributed by atoms with E-state index in [9.17, 15) is 0 Å². The van der Waals surface area contributed by atoms with Gasteiger partial charge >= 0.3 is 0 Å². The largest absolute Gasteiger partial charge is 0.0839 e. The van der Waals surface area contributed by atoms with Gasteiger partial charge in [-0.1, -0.05) is 182 Å². The van der Waals surface area contributed by atoms with Crippen LogP contribution in [0.15, 0.2) is 249 Å². The molecular weight excluding hydrogens is 781 g/mol. The molecule has 65 heavy (non-hydrogen) atoms. The molecule has 1 spiro atoms. The Morgan fingerprint density at radius 3 is 1.80 bits per heavy atom. The summed E-state index contributed by atoms with van der Waals surface area (Å²) in [5, 5.41) is 0. The SMILES string of the molecule is C1=CCC(C2=CC3C(C=C2)CC(CC2=CC4=C(CC2)C2=C(C=CCC2)C42C4=C(CCC=C4)C4=C2C=CCC4)C2=CCC(C4=CCCC=C4)C=C2C3(c2ccccc2)c2ccccc2)C=C1. The first-order valence-corrected chi connectivity index (χ1v) is 25.5. The molecule has 0 aliphatic heterocycles. The standard InChI is InChI=1S/C65H62/c1-5-19-45(20-6-1)47-34-35-49-41-50(39-44-33-37-57-56-29-15-18-32-60(56)65(62(57)40-44)58-30-16-13-27-54(58)55-28-14-17-31-59(55)65)53-38-36-48(46-21-7-2-8-22-46)43-63(53)64(61(49)42-47,51-23-9-3-10-24-51)52-25-11-4-12-26-52/h1,3-7,9-12,16-19,21-26,30-32,34-35,38,40,42-43,45,48-50,61H,2,8,13-15,20,27-29,33,36-37,39,41H2. The molecule has 0 N–H and O–H groups in total. The van der Waals surface area contributed by atoms with Gasteiger partial charge in [0.05, 0.1) is 10.8 Å². The Bertz CT molecular complexity index is 2770. The first-order chi connectivity index (χ1) is 32.2. The summed E-state index contributed by atoms with van der Waals surface area (Å²) < 4.78 is 0. The average Bonchev–Trinajstić information content (AvgIpc) is 3.80. The summed E-state index contributed by atoms with van der Waals surface area (Å²) in [5.74, 6) is 1.85. The lowest BCUT2D eigenvalue weighted by Crippen LogP contribution is -2.42. The van der Waals surface area contributed by atoms with Crippen LogP contribution in [0.3, 0.4) is 0 Å². The fraction of sp³-hybridized carbons (Fsp3) is 0.323. The molecule has 1 saturated carbocycles. The maximum Gasteiger partial charge on any atom is 0.0712 e. The minimum atomic E-state index is -0.354. The minimum Gasteiger partial charge on any atom is -0.0839 e. The quantitative estimate of drug-likeness (QED) is 0.272. The summed E-state index contributed by atoms with van der Waals surface area (Å²) in [5.41, 5.74) is 23.4. The molecule has 0 amide bonds. The zero-order valence-corrected chi connectivity index (χ0v) is 38.0. The Labute approximate surface area is 388 Å². The second-order valence-corrected chi connectivity index (χ2v) is 20.8. The van der Waals surface area contributed by atoms with Gasteiger partial charge in [0.1, 0.15) is 0 Å². The topological polar surface area (TPSA) is 0 Å². The van der Waals surface area contributed by atoms with Crippen molar-refractivity contribution < 1.29 is 0 Å². The van der Waals surface area contributed by atoms with Crippen LogP contribution in [-0.2, 0) is 5.41 Å². The van der Waals surface area contributed by atoms with E-state index in [0.29, 0.717) is 23.7 Å². The number of fused-ring (bicyclic) bond motifs is 8. The van der Waals surface area contributed by atoms with Crippen molar-refractivity contribution in [2.24, 2.45) is 35.0 Å². The van der Waals surface area contributed by atoms with E-state index in [2.05, 4.69) is 176 Å². The summed E-state index contributed by atoms with van der Waals surface area (Å²) in [6, 6.07) is 23.5. The van der Waals surface area contributed by atoms with Gasteiger partial charge in [-0.25, -0.2) is 0 Å². The number of allylic oxidation sites excluding steroid dienone is 32. The summed E-state index contributed by atoms with van der Waals surface area (Å²) >= 11 is 0. The van der Waals surface area contributed by atoms with Crippen molar-refractivity contribution in [3.63, 3.8) is 0 Å². The lowest BCUT2D eigenvalue weighted by molar-refractivity contribution is 0.327. The van der Waals surface area contributed by atoms with Crippen molar-refractivity contribution >= 4 is 0 Å². The molecule has 0 heterocycles. The van der Waals surface area contributed by atoms with E-state index in [4.69, 9.17) is 0 Å². The van der Waals surface area contributed by atoms with Crippen molar-refractivity contribution in [2.45, 2.75) is 95.3 Å². The highest BCUT2D eigenvalue weighted by Crippen LogP contribution is 2.68. The summed E-state index contributed by atoms with van der Waals surface area (Å²) in [7, 11) is 0. The zero-order chi connectivity index (χ0) is 43.0. The van der Waals surface area contributed by atoms with Gasteiger partial charge in [0.2, 0.25) is 0 Å². The predicted molar refractivity (Wildman–Crippen MR) is 271 cm³/mol. The van der Waals surface area contributed by atoms with Crippen LogP contribution in [0, 0.1) is 35.0 Å². The highest BCUT2D eigenvalue weighted by atomic mass is 14.6. The number of hydrogen-bond acceptors (Lipinski definition) is 0. The molecule has 0 radical (unpaired) electrons. The molecule has 5 atom stereocenters. The Morgan fingerprint density at radius 1 is 0.508 bits per heavy atom. The van der Waals surface area contributed by atoms with Gasteiger partial charge < -0.3 is 0 Å². The van der Waals surface area contributed by atoms with Crippen LogP contribution < -0.4 is 0 Å². The molecule has 2 aromatic rings. The van der Waals surface area contributed by atoms with Crippen LogP contribution >= 0.6 is 0 Å². The Hall–Kier alpha value is -5.72.